The van der Waals surface area contributed by atoms with E-state index in [0.717, 1.165) is 19.5 Å². The number of nitrogens with zero attached hydrogens (tertiary/aromatic N) is 1. The number of carboxylic acids is 1. The quantitative estimate of drug-likeness (QED) is 0.717. The van der Waals surface area contributed by atoms with Gasteiger partial charge in [0.1, 0.15) is 0 Å². The van der Waals surface area contributed by atoms with Crippen molar-refractivity contribution in [2.45, 2.75) is 40.2 Å². The molecular formula is C10H21NO2. The van der Waals surface area contributed by atoms with Crippen LogP contribution in [-0.4, -0.2) is 35.1 Å². The zero-order valence-electron chi connectivity index (χ0n) is 9.08. The maximum absolute atomic E-state index is 10.5. The Kier molecular flexibility index (Phi) is 5.71. The minimum absolute atomic E-state index is 0.127. The third kappa shape index (κ3) is 3.77. The van der Waals surface area contributed by atoms with Gasteiger partial charge in [-0.2, -0.15) is 0 Å². The van der Waals surface area contributed by atoms with Gasteiger partial charge in [0.05, 0.1) is 5.92 Å². The van der Waals surface area contributed by atoms with E-state index in [4.69, 9.17) is 5.11 Å². The molecule has 0 aromatic carbocycles. The number of aliphatic carboxylic acids is 1. The fraction of sp³-hybridized carbons (Fsp3) is 0.900. The van der Waals surface area contributed by atoms with Gasteiger partial charge in [-0.3, -0.25) is 4.79 Å². The predicted octanol–water partition coefficient (Wildman–Crippen LogP) is 1.83. The molecule has 3 heteroatoms. The zero-order chi connectivity index (χ0) is 10.4. The van der Waals surface area contributed by atoms with E-state index in [1.807, 2.05) is 13.8 Å². The molecular weight excluding hydrogens is 166 g/mol. The summed E-state index contributed by atoms with van der Waals surface area (Å²) in [6, 6.07) is 0.486. The molecule has 0 aromatic rings. The second kappa shape index (κ2) is 5.97. The van der Waals surface area contributed by atoms with Crippen LogP contribution in [0.4, 0.5) is 0 Å². The summed E-state index contributed by atoms with van der Waals surface area (Å²) in [6.45, 7) is 9.87. The highest BCUT2D eigenvalue weighted by molar-refractivity contribution is 5.70. The Balaban J connectivity index is 0.000000671. The van der Waals surface area contributed by atoms with Crippen molar-refractivity contribution >= 4 is 5.97 Å². The molecule has 0 radical (unpaired) electrons. The summed E-state index contributed by atoms with van der Waals surface area (Å²) in [5.41, 5.74) is 0. The van der Waals surface area contributed by atoms with E-state index in [0.29, 0.717) is 6.04 Å². The second-order valence-electron chi connectivity index (χ2n) is 3.41. The third-order valence-corrected chi connectivity index (χ3v) is 2.30. The van der Waals surface area contributed by atoms with Crippen LogP contribution in [0.3, 0.4) is 0 Å². The average molecular weight is 187 g/mol. The van der Waals surface area contributed by atoms with Crippen molar-refractivity contribution in [3.8, 4) is 0 Å². The van der Waals surface area contributed by atoms with Crippen LogP contribution in [0.2, 0.25) is 0 Å². The fourth-order valence-electron chi connectivity index (χ4n) is 1.46. The van der Waals surface area contributed by atoms with Gasteiger partial charge in [-0.15, -0.1) is 0 Å². The lowest BCUT2D eigenvalue weighted by Crippen LogP contribution is -2.29. The van der Waals surface area contributed by atoms with E-state index < -0.39 is 5.97 Å². The van der Waals surface area contributed by atoms with Crippen LogP contribution in [-0.2, 0) is 4.79 Å². The van der Waals surface area contributed by atoms with Gasteiger partial charge >= 0.3 is 5.97 Å². The van der Waals surface area contributed by atoms with Crippen LogP contribution in [0.1, 0.15) is 34.1 Å². The number of likely N-dealkylation sites (tertiary alicyclic amines) is 1. The maximum atomic E-state index is 10.5. The number of carbonyl (C=O) groups is 1. The van der Waals surface area contributed by atoms with Crippen LogP contribution in [0.15, 0.2) is 0 Å². The summed E-state index contributed by atoms with van der Waals surface area (Å²) in [6.07, 6.45) is 0.813. The number of carboxylic acid groups (broad SMARTS) is 1. The van der Waals surface area contributed by atoms with E-state index in [1.165, 1.54) is 0 Å². The molecule has 13 heavy (non-hydrogen) atoms. The van der Waals surface area contributed by atoms with Gasteiger partial charge in [0.15, 0.2) is 0 Å². The van der Waals surface area contributed by atoms with Crippen molar-refractivity contribution in [3.63, 3.8) is 0 Å². The minimum Gasteiger partial charge on any atom is -0.481 e. The number of hydrogen-bond donors (Lipinski definition) is 1. The maximum Gasteiger partial charge on any atom is 0.307 e. The molecule has 1 fully saturated rings. The molecule has 1 saturated heterocycles. The van der Waals surface area contributed by atoms with Crippen molar-refractivity contribution in [1.29, 1.82) is 0 Å². The molecule has 0 saturated carbocycles. The summed E-state index contributed by atoms with van der Waals surface area (Å²) < 4.78 is 0. The molecule has 0 aliphatic carbocycles. The van der Waals surface area contributed by atoms with E-state index in [-0.39, 0.29) is 5.92 Å². The Morgan fingerprint density at radius 1 is 1.46 bits per heavy atom. The second-order valence-corrected chi connectivity index (χ2v) is 3.41. The molecule has 1 heterocycles. The predicted molar refractivity (Wildman–Crippen MR) is 53.8 cm³/mol. The Bertz CT molecular complexity index is 157. The van der Waals surface area contributed by atoms with Crippen molar-refractivity contribution < 1.29 is 9.90 Å². The normalized spacial score (nSPS) is 22.7. The van der Waals surface area contributed by atoms with E-state index in [2.05, 4.69) is 18.7 Å². The van der Waals surface area contributed by atoms with Crippen LogP contribution >= 0.6 is 0 Å². The SMILES string of the molecule is CC.CC(C)N1CCC(C(=O)O)C1. The third-order valence-electron chi connectivity index (χ3n) is 2.30. The first kappa shape index (κ1) is 12.4. The topological polar surface area (TPSA) is 40.5 Å². The summed E-state index contributed by atoms with van der Waals surface area (Å²) in [5, 5.41) is 8.69. The molecule has 1 aliphatic heterocycles. The highest BCUT2D eigenvalue weighted by Gasteiger charge is 2.28. The smallest absolute Gasteiger partial charge is 0.307 e. The molecule has 0 aromatic heterocycles. The van der Waals surface area contributed by atoms with Crippen LogP contribution < -0.4 is 0 Å². The average Bonchev–Trinajstić information content (AvgIpc) is 2.56. The first-order valence-electron chi connectivity index (χ1n) is 5.08. The van der Waals surface area contributed by atoms with Gasteiger partial charge in [0.2, 0.25) is 0 Å². The zero-order valence-corrected chi connectivity index (χ0v) is 9.08. The standard InChI is InChI=1S/C8H15NO2.C2H6/c1-6(2)9-4-3-7(5-9)8(10)11;1-2/h6-7H,3-5H2,1-2H3,(H,10,11);1-2H3. The highest BCUT2D eigenvalue weighted by atomic mass is 16.4. The molecule has 3 nitrogen and oxygen atoms in total. The molecule has 1 N–H and O–H groups in total. The van der Waals surface area contributed by atoms with Crippen molar-refractivity contribution in [2.24, 2.45) is 5.92 Å². The van der Waals surface area contributed by atoms with Crippen LogP contribution in [0.25, 0.3) is 0 Å². The first-order valence-corrected chi connectivity index (χ1v) is 5.08. The molecule has 1 aliphatic rings. The van der Waals surface area contributed by atoms with E-state index >= 15 is 0 Å². The molecule has 1 rings (SSSR count). The lowest BCUT2D eigenvalue weighted by molar-refractivity contribution is -0.141. The van der Waals surface area contributed by atoms with Crippen molar-refractivity contribution in [3.05, 3.63) is 0 Å². The summed E-state index contributed by atoms with van der Waals surface area (Å²) >= 11 is 0. The first-order chi connectivity index (χ1) is 6.11. The molecule has 78 valence electrons. The Morgan fingerprint density at radius 3 is 2.23 bits per heavy atom. The summed E-state index contributed by atoms with van der Waals surface area (Å²) in [7, 11) is 0. The van der Waals surface area contributed by atoms with Crippen molar-refractivity contribution in [2.75, 3.05) is 13.1 Å². The summed E-state index contributed by atoms with van der Waals surface area (Å²) in [4.78, 5) is 12.8. The summed E-state index contributed by atoms with van der Waals surface area (Å²) in [5.74, 6) is -0.773. The molecule has 1 unspecified atom stereocenters. The van der Waals surface area contributed by atoms with E-state index in [1.54, 1.807) is 0 Å². The van der Waals surface area contributed by atoms with Crippen LogP contribution in [0.5, 0.6) is 0 Å². The molecule has 0 bridgehead atoms. The molecule has 1 atom stereocenters. The monoisotopic (exact) mass is 187 g/mol. The van der Waals surface area contributed by atoms with Gasteiger partial charge in [-0.1, -0.05) is 13.8 Å². The van der Waals surface area contributed by atoms with Crippen molar-refractivity contribution in [1.82, 2.24) is 4.90 Å². The number of rotatable bonds is 2. The molecule has 0 spiro atoms. The fourth-order valence-corrected chi connectivity index (χ4v) is 1.46. The van der Waals surface area contributed by atoms with Crippen LogP contribution in [0, 0.1) is 5.92 Å². The minimum atomic E-state index is -0.645. The largest absolute Gasteiger partial charge is 0.481 e. The van der Waals surface area contributed by atoms with Gasteiger partial charge in [0, 0.05) is 12.6 Å². The lowest BCUT2D eigenvalue weighted by atomic mass is 10.1. The Hall–Kier alpha value is -0.570. The van der Waals surface area contributed by atoms with Gasteiger partial charge in [-0.05, 0) is 26.8 Å². The van der Waals surface area contributed by atoms with Gasteiger partial charge < -0.3 is 10.0 Å². The van der Waals surface area contributed by atoms with E-state index in [9.17, 15) is 4.79 Å². The molecule has 0 amide bonds. The van der Waals surface area contributed by atoms with Gasteiger partial charge in [0.25, 0.3) is 0 Å². The number of hydrogen-bond acceptors (Lipinski definition) is 2. The Morgan fingerprint density at radius 2 is 2.00 bits per heavy atom. The lowest BCUT2D eigenvalue weighted by Gasteiger charge is -2.19. The highest BCUT2D eigenvalue weighted by Crippen LogP contribution is 2.17. The Labute approximate surface area is 80.7 Å². The van der Waals surface area contributed by atoms with Gasteiger partial charge in [-0.25, -0.2) is 0 Å².